The van der Waals surface area contributed by atoms with Crippen LogP contribution in [-0.2, 0) is 0 Å². The van der Waals surface area contributed by atoms with E-state index in [4.69, 9.17) is 0 Å². The first-order valence-corrected chi connectivity index (χ1v) is 7.17. The summed E-state index contributed by atoms with van der Waals surface area (Å²) in [6, 6.07) is 3.03. The van der Waals surface area contributed by atoms with Gasteiger partial charge in [0.05, 0.1) is 10.5 Å². The molecular formula is C15H21FN2O3. The Hall–Kier alpha value is -1.98. The van der Waals surface area contributed by atoms with Crippen LogP contribution in [0.3, 0.4) is 0 Å². The minimum Gasteiger partial charge on any atom is -0.339 e. The van der Waals surface area contributed by atoms with E-state index < -0.39 is 16.6 Å². The molecule has 0 aliphatic heterocycles. The summed E-state index contributed by atoms with van der Waals surface area (Å²) in [5, 5.41) is 10.8. The standard InChI is InChI=1S/C15H21FN2O3/c1-4-11(5-2)10-17(6-3)15(19)13-9-12(18(20)21)7-8-14(13)16/h7-9,11H,4-6,10H2,1-3H3. The molecule has 1 rings (SSSR count). The number of non-ortho nitro benzene ring substituents is 1. The molecule has 1 aromatic rings. The van der Waals surface area contributed by atoms with Gasteiger partial charge in [0, 0.05) is 25.2 Å². The highest BCUT2D eigenvalue weighted by atomic mass is 19.1. The van der Waals surface area contributed by atoms with Gasteiger partial charge in [0.25, 0.3) is 11.6 Å². The molecule has 0 bridgehead atoms. The maximum Gasteiger partial charge on any atom is 0.270 e. The van der Waals surface area contributed by atoms with Crippen LogP contribution in [0.4, 0.5) is 10.1 Å². The fourth-order valence-electron chi connectivity index (χ4n) is 2.18. The van der Waals surface area contributed by atoms with Gasteiger partial charge in [-0.25, -0.2) is 4.39 Å². The normalized spacial score (nSPS) is 10.7. The highest BCUT2D eigenvalue weighted by molar-refractivity contribution is 5.95. The Labute approximate surface area is 123 Å². The molecule has 0 aliphatic carbocycles. The summed E-state index contributed by atoms with van der Waals surface area (Å²) < 4.78 is 13.8. The molecule has 0 atom stereocenters. The molecular weight excluding hydrogens is 275 g/mol. The molecule has 5 nitrogen and oxygen atoms in total. The van der Waals surface area contributed by atoms with Gasteiger partial charge in [0.2, 0.25) is 0 Å². The summed E-state index contributed by atoms with van der Waals surface area (Å²) in [4.78, 5) is 24.1. The topological polar surface area (TPSA) is 63.5 Å². The number of nitro groups is 1. The minimum atomic E-state index is -0.728. The van der Waals surface area contributed by atoms with Crippen LogP contribution < -0.4 is 0 Å². The van der Waals surface area contributed by atoms with Crippen molar-refractivity contribution < 1.29 is 14.1 Å². The number of carbonyl (C=O) groups excluding carboxylic acids is 1. The van der Waals surface area contributed by atoms with Gasteiger partial charge in [-0.1, -0.05) is 26.7 Å². The van der Waals surface area contributed by atoms with E-state index in [1.807, 2.05) is 20.8 Å². The van der Waals surface area contributed by atoms with Gasteiger partial charge in [0.1, 0.15) is 5.82 Å². The Balaban J connectivity index is 3.04. The Morgan fingerprint density at radius 3 is 2.43 bits per heavy atom. The summed E-state index contributed by atoms with van der Waals surface area (Å²) in [5.41, 5.74) is -0.518. The average molecular weight is 296 g/mol. The van der Waals surface area contributed by atoms with Gasteiger partial charge in [-0.3, -0.25) is 14.9 Å². The first-order chi connectivity index (χ1) is 9.94. The van der Waals surface area contributed by atoms with Crippen molar-refractivity contribution in [1.82, 2.24) is 4.90 Å². The molecule has 0 aliphatic rings. The first kappa shape index (κ1) is 17.1. The van der Waals surface area contributed by atoms with Crippen LogP contribution in [-0.4, -0.2) is 28.8 Å². The lowest BCUT2D eigenvalue weighted by Gasteiger charge is -2.25. The summed E-state index contributed by atoms with van der Waals surface area (Å²) >= 11 is 0. The summed E-state index contributed by atoms with van der Waals surface area (Å²) in [5.74, 6) is -0.880. The van der Waals surface area contributed by atoms with E-state index in [0.29, 0.717) is 19.0 Å². The second-order valence-corrected chi connectivity index (χ2v) is 4.95. The lowest BCUT2D eigenvalue weighted by Crippen LogP contribution is -2.35. The molecule has 0 aromatic heterocycles. The predicted octanol–water partition coefficient (Wildman–Crippen LogP) is 3.63. The molecule has 21 heavy (non-hydrogen) atoms. The van der Waals surface area contributed by atoms with Crippen molar-refractivity contribution in [2.45, 2.75) is 33.6 Å². The zero-order chi connectivity index (χ0) is 16.0. The average Bonchev–Trinajstić information content (AvgIpc) is 2.48. The van der Waals surface area contributed by atoms with E-state index in [1.165, 1.54) is 0 Å². The van der Waals surface area contributed by atoms with E-state index >= 15 is 0 Å². The third kappa shape index (κ3) is 4.24. The number of hydrogen-bond donors (Lipinski definition) is 0. The second kappa shape index (κ2) is 7.71. The van der Waals surface area contributed by atoms with E-state index in [0.717, 1.165) is 31.0 Å². The van der Waals surface area contributed by atoms with E-state index in [-0.39, 0.29) is 11.3 Å². The second-order valence-electron chi connectivity index (χ2n) is 4.95. The molecule has 0 N–H and O–H groups in total. The van der Waals surface area contributed by atoms with Crippen LogP contribution in [0.5, 0.6) is 0 Å². The van der Waals surface area contributed by atoms with Gasteiger partial charge in [0.15, 0.2) is 0 Å². The molecule has 0 spiro atoms. The number of benzene rings is 1. The summed E-state index contributed by atoms with van der Waals surface area (Å²) in [6.45, 7) is 6.87. The van der Waals surface area contributed by atoms with Crippen molar-refractivity contribution in [1.29, 1.82) is 0 Å². The number of nitrogens with zero attached hydrogens (tertiary/aromatic N) is 2. The number of carbonyl (C=O) groups is 1. The lowest BCUT2D eigenvalue weighted by atomic mass is 10.0. The van der Waals surface area contributed by atoms with Crippen LogP contribution in [0.2, 0.25) is 0 Å². The molecule has 116 valence electrons. The van der Waals surface area contributed by atoms with E-state index in [1.54, 1.807) is 4.90 Å². The maximum absolute atomic E-state index is 13.8. The fourth-order valence-corrected chi connectivity index (χ4v) is 2.18. The van der Waals surface area contributed by atoms with Crippen LogP contribution in [0, 0.1) is 21.8 Å². The summed E-state index contributed by atoms with van der Waals surface area (Å²) in [7, 11) is 0. The maximum atomic E-state index is 13.8. The van der Waals surface area contributed by atoms with Crippen molar-refractivity contribution in [3.63, 3.8) is 0 Å². The highest BCUT2D eigenvalue weighted by Gasteiger charge is 2.22. The first-order valence-electron chi connectivity index (χ1n) is 7.17. The van der Waals surface area contributed by atoms with Crippen molar-refractivity contribution in [3.05, 3.63) is 39.7 Å². The Kier molecular flexibility index (Phi) is 6.27. The van der Waals surface area contributed by atoms with E-state index in [9.17, 15) is 19.3 Å². The molecule has 0 saturated heterocycles. The third-order valence-corrected chi connectivity index (χ3v) is 3.69. The van der Waals surface area contributed by atoms with Gasteiger partial charge in [-0.15, -0.1) is 0 Å². The fraction of sp³-hybridized carbons (Fsp3) is 0.533. The molecule has 1 aromatic carbocycles. The number of amides is 1. The highest BCUT2D eigenvalue weighted by Crippen LogP contribution is 2.20. The van der Waals surface area contributed by atoms with Crippen molar-refractivity contribution >= 4 is 11.6 Å². The van der Waals surface area contributed by atoms with Crippen LogP contribution in [0.25, 0.3) is 0 Å². The van der Waals surface area contributed by atoms with Crippen molar-refractivity contribution in [2.75, 3.05) is 13.1 Å². The third-order valence-electron chi connectivity index (χ3n) is 3.69. The molecule has 0 fully saturated rings. The smallest absolute Gasteiger partial charge is 0.270 e. The van der Waals surface area contributed by atoms with Gasteiger partial charge in [-0.2, -0.15) is 0 Å². The minimum absolute atomic E-state index is 0.239. The van der Waals surface area contributed by atoms with E-state index in [2.05, 4.69) is 0 Å². The van der Waals surface area contributed by atoms with Crippen molar-refractivity contribution in [2.24, 2.45) is 5.92 Å². The van der Waals surface area contributed by atoms with Crippen LogP contribution in [0.15, 0.2) is 18.2 Å². The largest absolute Gasteiger partial charge is 0.339 e. The quantitative estimate of drug-likeness (QED) is 0.570. The molecule has 0 unspecified atom stereocenters. The molecule has 0 radical (unpaired) electrons. The van der Waals surface area contributed by atoms with Crippen molar-refractivity contribution in [3.8, 4) is 0 Å². The van der Waals surface area contributed by atoms with Crippen LogP contribution in [0.1, 0.15) is 44.0 Å². The Bertz CT molecular complexity index is 516. The van der Waals surface area contributed by atoms with Gasteiger partial charge < -0.3 is 4.90 Å². The number of rotatable bonds is 7. The Morgan fingerprint density at radius 2 is 1.95 bits per heavy atom. The number of hydrogen-bond acceptors (Lipinski definition) is 3. The predicted molar refractivity (Wildman–Crippen MR) is 78.7 cm³/mol. The van der Waals surface area contributed by atoms with Gasteiger partial charge >= 0.3 is 0 Å². The monoisotopic (exact) mass is 296 g/mol. The molecule has 1 amide bonds. The zero-order valence-corrected chi connectivity index (χ0v) is 12.6. The molecule has 0 heterocycles. The SMILES string of the molecule is CCC(CC)CN(CC)C(=O)c1cc([N+](=O)[O-])ccc1F. The van der Waals surface area contributed by atoms with Gasteiger partial charge in [-0.05, 0) is 18.9 Å². The molecule has 6 heteroatoms. The number of halogens is 1. The Morgan fingerprint density at radius 1 is 1.33 bits per heavy atom. The summed E-state index contributed by atoms with van der Waals surface area (Å²) in [6.07, 6.45) is 1.86. The zero-order valence-electron chi connectivity index (χ0n) is 12.6. The number of nitro benzene ring substituents is 1. The molecule has 0 saturated carbocycles. The lowest BCUT2D eigenvalue weighted by molar-refractivity contribution is -0.384. The van der Waals surface area contributed by atoms with Crippen LogP contribution >= 0.6 is 0 Å².